The molecule has 1 aliphatic heterocycles. The number of nitrogens with zero attached hydrogens (tertiary/aromatic N) is 4. The highest BCUT2D eigenvalue weighted by Gasteiger charge is 2.28. The zero-order chi connectivity index (χ0) is 17.2. The number of carbonyl (C=O) groups is 1. The molecule has 4 rings (SSSR count). The van der Waals surface area contributed by atoms with Gasteiger partial charge in [0.1, 0.15) is 5.69 Å². The van der Waals surface area contributed by atoms with Crippen molar-refractivity contribution >= 4 is 16.8 Å². The summed E-state index contributed by atoms with van der Waals surface area (Å²) in [4.78, 5) is 18.9. The van der Waals surface area contributed by atoms with Crippen molar-refractivity contribution in [3.8, 4) is 0 Å². The molecule has 1 saturated heterocycles. The lowest BCUT2D eigenvalue weighted by molar-refractivity contribution is 0.0778. The number of fused-ring (bicyclic) bond motifs is 1. The Balaban J connectivity index is 1.58. The maximum Gasteiger partial charge on any atom is 0.276 e. The number of hydrogen-bond acceptors (Lipinski definition) is 5. The van der Waals surface area contributed by atoms with Gasteiger partial charge in [0.05, 0.1) is 11.6 Å². The van der Waals surface area contributed by atoms with E-state index in [4.69, 9.17) is 0 Å². The molecule has 2 aromatic heterocycles. The van der Waals surface area contributed by atoms with Crippen LogP contribution in [0.1, 0.15) is 40.6 Å². The van der Waals surface area contributed by atoms with E-state index in [9.17, 15) is 4.79 Å². The van der Waals surface area contributed by atoms with Gasteiger partial charge in [0, 0.05) is 25.2 Å². The van der Waals surface area contributed by atoms with E-state index in [1.807, 2.05) is 30.3 Å². The normalized spacial score (nSPS) is 17.1. The van der Waals surface area contributed by atoms with Gasteiger partial charge in [-0.1, -0.05) is 18.2 Å². The van der Waals surface area contributed by atoms with Crippen LogP contribution in [0.2, 0.25) is 0 Å². The fourth-order valence-corrected chi connectivity index (χ4v) is 3.37. The number of aromatic nitrogens is 4. The van der Waals surface area contributed by atoms with E-state index in [-0.39, 0.29) is 11.9 Å². The molecule has 0 saturated carbocycles. The van der Waals surface area contributed by atoms with Crippen LogP contribution in [-0.2, 0) is 6.54 Å². The monoisotopic (exact) mass is 336 g/mol. The highest BCUT2D eigenvalue weighted by Crippen LogP contribution is 2.24. The topological polar surface area (TPSA) is 86.8 Å². The van der Waals surface area contributed by atoms with Gasteiger partial charge < -0.3 is 10.2 Å². The van der Waals surface area contributed by atoms with E-state index >= 15 is 0 Å². The Morgan fingerprint density at radius 1 is 1.28 bits per heavy atom. The summed E-state index contributed by atoms with van der Waals surface area (Å²) in [6, 6.07) is 10.0. The first-order valence-electron chi connectivity index (χ1n) is 8.46. The van der Waals surface area contributed by atoms with Gasteiger partial charge in [-0.15, -0.1) is 0 Å². The molecule has 3 heterocycles. The van der Waals surface area contributed by atoms with E-state index in [2.05, 4.69) is 25.7 Å². The molecule has 25 heavy (non-hydrogen) atoms. The Hall–Kier alpha value is -2.80. The molecule has 7 heteroatoms. The standard InChI is InChI=1S/C18H20N6O/c1-24(11-12-5-2-7-14-13(12)6-3-9-19-14)18(25)17-16(21-23-22-17)15-8-4-10-20-15/h2-3,5-7,9,15,20H,4,8,10-11H2,1H3,(H,21,22,23). The van der Waals surface area contributed by atoms with Crippen LogP contribution in [0, 0.1) is 0 Å². The van der Waals surface area contributed by atoms with E-state index in [0.29, 0.717) is 17.9 Å². The van der Waals surface area contributed by atoms with Crippen LogP contribution in [0.3, 0.4) is 0 Å². The van der Waals surface area contributed by atoms with Gasteiger partial charge in [0.2, 0.25) is 0 Å². The Morgan fingerprint density at radius 2 is 2.20 bits per heavy atom. The molecule has 1 amide bonds. The lowest BCUT2D eigenvalue weighted by Gasteiger charge is -2.18. The SMILES string of the molecule is CN(Cc1cccc2ncccc12)C(=O)c1n[nH]nc1C1CCCN1. The molecule has 128 valence electrons. The molecular formula is C18H20N6O. The molecule has 1 atom stereocenters. The third-order valence-electron chi connectivity index (χ3n) is 4.66. The first-order valence-corrected chi connectivity index (χ1v) is 8.46. The van der Waals surface area contributed by atoms with E-state index in [1.165, 1.54) is 0 Å². The second-order valence-electron chi connectivity index (χ2n) is 6.35. The van der Waals surface area contributed by atoms with Crippen molar-refractivity contribution in [2.75, 3.05) is 13.6 Å². The molecule has 1 aromatic carbocycles. The second kappa shape index (κ2) is 6.60. The van der Waals surface area contributed by atoms with Crippen molar-refractivity contribution in [2.45, 2.75) is 25.4 Å². The molecule has 0 aliphatic carbocycles. The zero-order valence-electron chi connectivity index (χ0n) is 14.1. The minimum atomic E-state index is -0.127. The van der Waals surface area contributed by atoms with Gasteiger partial charge >= 0.3 is 0 Å². The van der Waals surface area contributed by atoms with Gasteiger partial charge in [-0.2, -0.15) is 15.4 Å². The van der Waals surface area contributed by atoms with Crippen LogP contribution in [0.25, 0.3) is 10.9 Å². The smallest absolute Gasteiger partial charge is 0.276 e. The van der Waals surface area contributed by atoms with Crippen LogP contribution in [0.4, 0.5) is 0 Å². The summed E-state index contributed by atoms with van der Waals surface area (Å²) in [5.74, 6) is -0.127. The summed E-state index contributed by atoms with van der Waals surface area (Å²) in [6.07, 6.45) is 3.84. The van der Waals surface area contributed by atoms with Gasteiger partial charge in [-0.25, -0.2) is 0 Å². The highest BCUT2D eigenvalue weighted by molar-refractivity contribution is 5.93. The van der Waals surface area contributed by atoms with Crippen LogP contribution < -0.4 is 5.32 Å². The molecule has 1 aliphatic rings. The maximum absolute atomic E-state index is 12.9. The fourth-order valence-electron chi connectivity index (χ4n) is 3.37. The number of nitrogens with one attached hydrogen (secondary N) is 2. The largest absolute Gasteiger partial charge is 0.336 e. The number of pyridine rings is 1. The molecule has 0 radical (unpaired) electrons. The Morgan fingerprint density at radius 3 is 3.04 bits per heavy atom. The lowest BCUT2D eigenvalue weighted by Crippen LogP contribution is -2.28. The lowest BCUT2D eigenvalue weighted by atomic mass is 10.1. The van der Waals surface area contributed by atoms with E-state index < -0.39 is 0 Å². The maximum atomic E-state index is 12.9. The number of aromatic amines is 1. The number of carbonyl (C=O) groups excluding carboxylic acids is 1. The summed E-state index contributed by atoms with van der Waals surface area (Å²) in [5, 5.41) is 15.3. The summed E-state index contributed by atoms with van der Waals surface area (Å²) in [6.45, 7) is 1.44. The molecule has 1 fully saturated rings. The average molecular weight is 336 g/mol. The number of rotatable bonds is 4. The van der Waals surface area contributed by atoms with Crippen molar-refractivity contribution < 1.29 is 4.79 Å². The number of hydrogen-bond donors (Lipinski definition) is 2. The van der Waals surface area contributed by atoms with Crippen molar-refractivity contribution in [1.82, 2.24) is 30.6 Å². The third-order valence-corrected chi connectivity index (χ3v) is 4.66. The highest BCUT2D eigenvalue weighted by atomic mass is 16.2. The molecule has 0 spiro atoms. The quantitative estimate of drug-likeness (QED) is 0.761. The molecular weight excluding hydrogens is 316 g/mol. The molecule has 1 unspecified atom stereocenters. The Labute approximate surface area is 145 Å². The van der Waals surface area contributed by atoms with Crippen molar-refractivity contribution in [1.29, 1.82) is 0 Å². The average Bonchev–Trinajstić information content (AvgIpc) is 3.32. The minimum absolute atomic E-state index is 0.104. The van der Waals surface area contributed by atoms with Crippen molar-refractivity contribution in [2.24, 2.45) is 0 Å². The summed E-state index contributed by atoms with van der Waals surface area (Å²) in [5.41, 5.74) is 3.11. The van der Waals surface area contributed by atoms with E-state index in [1.54, 1.807) is 18.1 Å². The van der Waals surface area contributed by atoms with Crippen molar-refractivity contribution in [3.63, 3.8) is 0 Å². The van der Waals surface area contributed by atoms with Gasteiger partial charge in [0.15, 0.2) is 5.69 Å². The van der Waals surface area contributed by atoms with Gasteiger partial charge in [-0.05, 0) is 37.1 Å². The molecule has 3 aromatic rings. The van der Waals surface area contributed by atoms with Gasteiger partial charge in [0.25, 0.3) is 5.91 Å². The Kier molecular flexibility index (Phi) is 4.15. The fraction of sp³-hybridized carbons (Fsp3) is 0.333. The molecule has 2 N–H and O–H groups in total. The first-order chi connectivity index (χ1) is 12.2. The van der Waals surface area contributed by atoms with Crippen LogP contribution in [0.15, 0.2) is 36.5 Å². The third kappa shape index (κ3) is 2.98. The molecule has 7 nitrogen and oxygen atoms in total. The van der Waals surface area contributed by atoms with Crippen LogP contribution in [-0.4, -0.2) is 44.8 Å². The van der Waals surface area contributed by atoms with Crippen LogP contribution >= 0.6 is 0 Å². The predicted molar refractivity (Wildman–Crippen MR) is 93.9 cm³/mol. The predicted octanol–water partition coefficient (Wildman–Crippen LogP) is 2.05. The second-order valence-corrected chi connectivity index (χ2v) is 6.35. The van der Waals surface area contributed by atoms with Crippen molar-refractivity contribution in [3.05, 3.63) is 53.5 Å². The molecule has 0 bridgehead atoms. The minimum Gasteiger partial charge on any atom is -0.336 e. The summed E-state index contributed by atoms with van der Waals surface area (Å²) in [7, 11) is 1.79. The summed E-state index contributed by atoms with van der Waals surface area (Å²) < 4.78 is 0. The van der Waals surface area contributed by atoms with E-state index in [0.717, 1.165) is 35.9 Å². The number of benzene rings is 1. The van der Waals surface area contributed by atoms with Gasteiger partial charge in [-0.3, -0.25) is 9.78 Å². The summed E-state index contributed by atoms with van der Waals surface area (Å²) >= 11 is 0. The first kappa shape index (κ1) is 15.7. The Bertz CT molecular complexity index is 894. The number of H-pyrrole nitrogens is 1. The number of amides is 1. The zero-order valence-corrected chi connectivity index (χ0v) is 14.1. The van der Waals surface area contributed by atoms with Crippen LogP contribution in [0.5, 0.6) is 0 Å².